The fourth-order valence-electron chi connectivity index (χ4n) is 6.41. The first kappa shape index (κ1) is 17.8. The molecule has 0 fully saturated rings. The minimum Gasteiger partial charge on any atom is -0.290 e. The van der Waals surface area contributed by atoms with Crippen LogP contribution >= 0.6 is 0 Å². The predicted octanol–water partition coefficient (Wildman–Crippen LogP) is 6.73. The lowest BCUT2D eigenvalue weighted by atomic mass is 9.96. The highest BCUT2D eigenvalue weighted by Gasteiger charge is 2.26. The summed E-state index contributed by atoms with van der Waals surface area (Å²) in [5, 5.41) is 3.50. The third kappa shape index (κ3) is 2.20. The van der Waals surface area contributed by atoms with Gasteiger partial charge in [-0.05, 0) is 105 Å². The predicted molar refractivity (Wildman–Crippen MR) is 140 cm³/mol. The average molecular weight is 447 g/mol. The summed E-state index contributed by atoms with van der Waals surface area (Å²) >= 11 is 0. The quantitative estimate of drug-likeness (QED) is 0.243. The Bertz CT molecular complexity index is 2070. The normalized spacial score (nSPS) is 13.5. The highest BCUT2D eigenvalue weighted by atomic mass is 15.1. The summed E-state index contributed by atoms with van der Waals surface area (Å²) in [5.74, 6) is 0. The lowest BCUT2D eigenvalue weighted by Crippen LogP contribution is -1.93. The SMILES string of the molecule is c1ccc2c(c1)Cc1cc3c(cc1-2)Cc1cc2c(cc1-3)c1cnccc1n1c3cccnc3nc21. The second-order valence-electron chi connectivity index (χ2n) is 9.74. The van der Waals surface area contributed by atoms with E-state index < -0.39 is 0 Å². The minimum absolute atomic E-state index is 0.775. The largest absolute Gasteiger partial charge is 0.290 e. The van der Waals surface area contributed by atoms with E-state index in [1.165, 1.54) is 49.9 Å². The molecule has 0 saturated heterocycles. The van der Waals surface area contributed by atoms with E-state index in [0.717, 1.165) is 45.9 Å². The molecule has 9 rings (SSSR count). The molecule has 0 spiro atoms. The number of benzene rings is 3. The Hall–Kier alpha value is -4.57. The van der Waals surface area contributed by atoms with Gasteiger partial charge in [-0.15, -0.1) is 0 Å². The van der Waals surface area contributed by atoms with Crippen molar-refractivity contribution < 1.29 is 0 Å². The second kappa shape index (κ2) is 6.10. The van der Waals surface area contributed by atoms with Crippen molar-refractivity contribution in [1.29, 1.82) is 0 Å². The average Bonchev–Trinajstić information content (AvgIpc) is 3.57. The van der Waals surface area contributed by atoms with E-state index >= 15 is 0 Å². The molecule has 35 heavy (non-hydrogen) atoms. The van der Waals surface area contributed by atoms with Crippen LogP contribution in [0.25, 0.3) is 60.7 Å². The van der Waals surface area contributed by atoms with Crippen LogP contribution in [0.4, 0.5) is 0 Å². The summed E-state index contributed by atoms with van der Waals surface area (Å²) in [6, 6.07) is 24.6. The molecule has 0 radical (unpaired) electrons. The van der Waals surface area contributed by atoms with E-state index in [4.69, 9.17) is 4.98 Å². The molecule has 0 unspecified atom stereocenters. The van der Waals surface area contributed by atoms with E-state index in [1.807, 2.05) is 24.7 Å². The number of fused-ring (bicyclic) bond motifs is 14. The van der Waals surface area contributed by atoms with Gasteiger partial charge in [-0.2, -0.15) is 0 Å². The van der Waals surface area contributed by atoms with Gasteiger partial charge in [-0.25, -0.2) is 9.97 Å². The van der Waals surface area contributed by atoms with Gasteiger partial charge in [-0.3, -0.25) is 9.38 Å². The zero-order valence-electron chi connectivity index (χ0n) is 18.8. The summed E-state index contributed by atoms with van der Waals surface area (Å²) in [6.45, 7) is 0. The lowest BCUT2D eigenvalue weighted by molar-refractivity contribution is 1.24. The van der Waals surface area contributed by atoms with E-state index in [2.05, 4.69) is 75.0 Å². The molecule has 0 aliphatic heterocycles. The molecular formula is C31H18N4. The molecule has 4 heterocycles. The lowest BCUT2D eigenvalue weighted by Gasteiger charge is -2.11. The molecular weight excluding hydrogens is 428 g/mol. The number of aromatic nitrogens is 4. The van der Waals surface area contributed by atoms with Crippen molar-refractivity contribution in [1.82, 2.24) is 19.4 Å². The molecule has 2 aliphatic carbocycles. The first-order chi connectivity index (χ1) is 17.3. The molecule has 4 nitrogen and oxygen atoms in total. The summed E-state index contributed by atoms with van der Waals surface area (Å²) in [7, 11) is 0. The maximum absolute atomic E-state index is 4.98. The van der Waals surface area contributed by atoms with Crippen molar-refractivity contribution >= 4 is 38.5 Å². The van der Waals surface area contributed by atoms with Gasteiger partial charge in [-0.1, -0.05) is 24.3 Å². The van der Waals surface area contributed by atoms with Gasteiger partial charge in [0.2, 0.25) is 0 Å². The summed E-state index contributed by atoms with van der Waals surface area (Å²) in [6.07, 6.45) is 7.63. The van der Waals surface area contributed by atoms with E-state index in [-0.39, 0.29) is 0 Å². The van der Waals surface area contributed by atoms with Crippen LogP contribution < -0.4 is 0 Å². The highest BCUT2D eigenvalue weighted by Crippen LogP contribution is 2.46. The Morgan fingerprint density at radius 2 is 1.40 bits per heavy atom. The zero-order chi connectivity index (χ0) is 22.7. The Labute approximate surface area is 200 Å². The summed E-state index contributed by atoms with van der Waals surface area (Å²) in [4.78, 5) is 14.0. The fourth-order valence-corrected chi connectivity index (χ4v) is 6.41. The number of nitrogens with zero attached hydrogens (tertiary/aromatic N) is 4. The van der Waals surface area contributed by atoms with Gasteiger partial charge in [0.05, 0.1) is 11.0 Å². The first-order valence-electron chi connectivity index (χ1n) is 12.0. The minimum atomic E-state index is 0.775. The second-order valence-corrected chi connectivity index (χ2v) is 9.74. The Balaban J connectivity index is 1.37. The van der Waals surface area contributed by atoms with Gasteiger partial charge in [0.25, 0.3) is 0 Å². The van der Waals surface area contributed by atoms with Gasteiger partial charge in [0, 0.05) is 29.4 Å². The number of imidazole rings is 1. The molecule has 162 valence electrons. The van der Waals surface area contributed by atoms with Crippen LogP contribution in [-0.4, -0.2) is 19.4 Å². The monoisotopic (exact) mass is 446 g/mol. The third-order valence-electron chi connectivity index (χ3n) is 7.93. The zero-order valence-corrected chi connectivity index (χ0v) is 18.8. The molecule has 3 aromatic carbocycles. The first-order valence-corrected chi connectivity index (χ1v) is 12.0. The van der Waals surface area contributed by atoms with Crippen molar-refractivity contribution in [2.24, 2.45) is 0 Å². The van der Waals surface area contributed by atoms with Crippen molar-refractivity contribution in [3.63, 3.8) is 0 Å². The van der Waals surface area contributed by atoms with E-state index in [9.17, 15) is 0 Å². The topological polar surface area (TPSA) is 43.1 Å². The fraction of sp³-hybridized carbons (Fsp3) is 0.0645. The summed E-state index contributed by atoms with van der Waals surface area (Å²) < 4.78 is 2.24. The maximum atomic E-state index is 4.98. The van der Waals surface area contributed by atoms with Crippen molar-refractivity contribution in [2.75, 3.05) is 0 Å². The third-order valence-corrected chi connectivity index (χ3v) is 7.93. The van der Waals surface area contributed by atoms with Crippen LogP contribution in [-0.2, 0) is 12.8 Å². The van der Waals surface area contributed by atoms with Crippen LogP contribution in [0.5, 0.6) is 0 Å². The van der Waals surface area contributed by atoms with Crippen molar-refractivity contribution in [2.45, 2.75) is 12.8 Å². The van der Waals surface area contributed by atoms with E-state index in [1.54, 1.807) is 0 Å². The molecule has 0 atom stereocenters. The van der Waals surface area contributed by atoms with Crippen LogP contribution in [0.2, 0.25) is 0 Å². The Kier molecular flexibility index (Phi) is 3.11. The van der Waals surface area contributed by atoms with Crippen LogP contribution in [0.3, 0.4) is 0 Å². The Morgan fingerprint density at radius 1 is 0.600 bits per heavy atom. The molecule has 0 saturated carbocycles. The molecule has 0 amide bonds. The van der Waals surface area contributed by atoms with Crippen molar-refractivity contribution in [3.05, 3.63) is 108 Å². The van der Waals surface area contributed by atoms with Crippen molar-refractivity contribution in [3.8, 4) is 22.3 Å². The smallest absolute Gasteiger partial charge is 0.178 e. The van der Waals surface area contributed by atoms with E-state index in [0.29, 0.717) is 0 Å². The number of pyridine rings is 3. The Morgan fingerprint density at radius 3 is 2.34 bits per heavy atom. The number of hydrogen-bond donors (Lipinski definition) is 0. The molecule has 7 aromatic rings. The van der Waals surface area contributed by atoms with Gasteiger partial charge < -0.3 is 0 Å². The van der Waals surface area contributed by atoms with Crippen LogP contribution in [0.15, 0.2) is 85.3 Å². The maximum Gasteiger partial charge on any atom is 0.178 e. The van der Waals surface area contributed by atoms with Gasteiger partial charge >= 0.3 is 0 Å². The molecule has 0 bridgehead atoms. The number of hydrogen-bond acceptors (Lipinski definition) is 3. The van der Waals surface area contributed by atoms with Crippen LogP contribution in [0.1, 0.15) is 22.3 Å². The molecule has 2 aliphatic rings. The van der Waals surface area contributed by atoms with Gasteiger partial charge in [0.1, 0.15) is 5.65 Å². The number of rotatable bonds is 0. The van der Waals surface area contributed by atoms with Crippen LogP contribution in [0, 0.1) is 0 Å². The highest BCUT2D eigenvalue weighted by molar-refractivity contribution is 6.15. The molecule has 4 heteroatoms. The summed E-state index contributed by atoms with van der Waals surface area (Å²) in [5.41, 5.74) is 15.0. The molecule has 0 N–H and O–H groups in total. The van der Waals surface area contributed by atoms with Gasteiger partial charge in [0.15, 0.2) is 5.65 Å². The molecule has 4 aromatic heterocycles. The standard InChI is InChI=1S/C31H18N4/c1-2-5-21-17(4-1)10-18-13-23-19(12-22(18)21)11-20-14-26-25(15-24(20)23)27-16-32-9-7-28(27)35-29-6-3-8-33-30(29)34-31(26)35/h1-9,12-16H,10-11H2.